The molecule has 1 aliphatic heterocycles. The van der Waals surface area contributed by atoms with Crippen molar-refractivity contribution in [3.63, 3.8) is 0 Å². The van der Waals surface area contributed by atoms with E-state index in [2.05, 4.69) is 20.8 Å². The molecule has 1 heterocycles. The van der Waals surface area contributed by atoms with Crippen molar-refractivity contribution in [2.24, 2.45) is 11.3 Å². The third-order valence-corrected chi connectivity index (χ3v) is 3.33. The van der Waals surface area contributed by atoms with E-state index in [1.54, 1.807) is 11.8 Å². The van der Waals surface area contributed by atoms with Crippen molar-refractivity contribution in [2.45, 2.75) is 40.5 Å². The summed E-state index contributed by atoms with van der Waals surface area (Å²) in [4.78, 5) is 24.8. The van der Waals surface area contributed by atoms with E-state index in [9.17, 15) is 9.59 Å². The third-order valence-electron chi connectivity index (χ3n) is 3.33. The highest BCUT2D eigenvalue weighted by atomic mass is 16.5. The van der Waals surface area contributed by atoms with E-state index >= 15 is 0 Å². The van der Waals surface area contributed by atoms with Crippen molar-refractivity contribution >= 4 is 11.9 Å². The zero-order chi connectivity index (χ0) is 13.1. The van der Waals surface area contributed by atoms with Gasteiger partial charge in [0.05, 0.1) is 13.0 Å². The predicted molar refractivity (Wildman–Crippen MR) is 65.4 cm³/mol. The fourth-order valence-corrected chi connectivity index (χ4v) is 2.03. The molecule has 17 heavy (non-hydrogen) atoms. The van der Waals surface area contributed by atoms with Crippen molar-refractivity contribution in [3.05, 3.63) is 0 Å². The number of ether oxygens (including phenoxy) is 1. The number of hydrogen-bond acceptors (Lipinski definition) is 3. The first-order chi connectivity index (χ1) is 7.84. The molecule has 0 aliphatic carbocycles. The standard InChI is InChI=1S/C13H23NO3/c1-5-17-12(16)6-7-14-9-10(8-11(14)15)13(2,3)4/h10H,5-9H2,1-4H3. The predicted octanol–water partition coefficient (Wildman–Crippen LogP) is 1.83. The Morgan fingerprint density at radius 2 is 2.12 bits per heavy atom. The SMILES string of the molecule is CCOC(=O)CCN1CC(C(C)(C)C)CC1=O. The molecule has 1 saturated heterocycles. The lowest BCUT2D eigenvalue weighted by Gasteiger charge is -2.26. The van der Waals surface area contributed by atoms with Crippen LogP contribution < -0.4 is 0 Å². The summed E-state index contributed by atoms with van der Waals surface area (Å²) >= 11 is 0. The number of amides is 1. The molecule has 0 spiro atoms. The Morgan fingerprint density at radius 1 is 1.47 bits per heavy atom. The molecule has 1 amide bonds. The average Bonchev–Trinajstić information content (AvgIpc) is 2.57. The van der Waals surface area contributed by atoms with Crippen LogP contribution in [0.2, 0.25) is 0 Å². The van der Waals surface area contributed by atoms with Crippen molar-refractivity contribution < 1.29 is 14.3 Å². The average molecular weight is 241 g/mol. The van der Waals surface area contributed by atoms with Gasteiger partial charge in [-0.3, -0.25) is 9.59 Å². The summed E-state index contributed by atoms with van der Waals surface area (Å²) in [6, 6.07) is 0. The molecule has 0 bridgehead atoms. The second-order valence-electron chi connectivity index (χ2n) is 5.66. The minimum absolute atomic E-state index is 0.147. The van der Waals surface area contributed by atoms with Gasteiger partial charge in [-0.25, -0.2) is 0 Å². The first kappa shape index (κ1) is 14.0. The van der Waals surface area contributed by atoms with E-state index in [1.165, 1.54) is 0 Å². The first-order valence-corrected chi connectivity index (χ1v) is 6.28. The Morgan fingerprint density at radius 3 is 2.59 bits per heavy atom. The smallest absolute Gasteiger partial charge is 0.307 e. The Labute approximate surface area is 103 Å². The van der Waals surface area contributed by atoms with Crippen LogP contribution in [0.3, 0.4) is 0 Å². The van der Waals surface area contributed by atoms with Gasteiger partial charge < -0.3 is 9.64 Å². The van der Waals surface area contributed by atoms with Crippen LogP contribution in [0.15, 0.2) is 0 Å². The van der Waals surface area contributed by atoms with Crippen LogP contribution in [0.1, 0.15) is 40.5 Å². The first-order valence-electron chi connectivity index (χ1n) is 6.28. The zero-order valence-corrected chi connectivity index (χ0v) is 11.3. The van der Waals surface area contributed by atoms with Gasteiger partial charge >= 0.3 is 5.97 Å². The van der Waals surface area contributed by atoms with Gasteiger partial charge in [-0.05, 0) is 18.3 Å². The van der Waals surface area contributed by atoms with Gasteiger partial charge in [0.2, 0.25) is 5.91 Å². The number of rotatable bonds is 4. The molecule has 4 nitrogen and oxygen atoms in total. The third kappa shape index (κ3) is 4.02. The zero-order valence-electron chi connectivity index (χ0n) is 11.3. The molecular weight excluding hydrogens is 218 g/mol. The number of esters is 1. The lowest BCUT2D eigenvalue weighted by molar-refractivity contribution is -0.143. The topological polar surface area (TPSA) is 46.6 Å². The molecule has 0 radical (unpaired) electrons. The molecule has 0 aromatic heterocycles. The highest BCUT2D eigenvalue weighted by Crippen LogP contribution is 2.34. The Bertz CT molecular complexity index is 294. The van der Waals surface area contributed by atoms with Gasteiger partial charge in [0.15, 0.2) is 0 Å². The minimum Gasteiger partial charge on any atom is -0.466 e. The van der Waals surface area contributed by atoms with Crippen molar-refractivity contribution in [3.8, 4) is 0 Å². The summed E-state index contributed by atoms with van der Waals surface area (Å²) in [6.07, 6.45) is 0.906. The molecule has 1 aliphatic rings. The molecule has 1 fully saturated rings. The Hall–Kier alpha value is -1.06. The van der Waals surface area contributed by atoms with Gasteiger partial charge in [0.25, 0.3) is 0 Å². The van der Waals surface area contributed by atoms with Gasteiger partial charge in [-0.2, -0.15) is 0 Å². The maximum Gasteiger partial charge on any atom is 0.307 e. The van der Waals surface area contributed by atoms with Crippen molar-refractivity contribution in [1.82, 2.24) is 4.90 Å². The number of hydrogen-bond donors (Lipinski definition) is 0. The summed E-state index contributed by atoms with van der Waals surface area (Å²) in [5, 5.41) is 0. The second kappa shape index (κ2) is 5.52. The molecule has 1 unspecified atom stereocenters. The molecule has 4 heteroatoms. The normalized spacial score (nSPS) is 20.8. The van der Waals surface area contributed by atoms with E-state index in [0.29, 0.717) is 31.9 Å². The maximum absolute atomic E-state index is 11.8. The molecule has 0 aromatic carbocycles. The van der Waals surface area contributed by atoms with E-state index in [0.717, 1.165) is 6.54 Å². The van der Waals surface area contributed by atoms with Gasteiger partial charge in [0, 0.05) is 19.5 Å². The van der Waals surface area contributed by atoms with E-state index in [1.807, 2.05) is 0 Å². The van der Waals surface area contributed by atoms with Gasteiger partial charge in [0.1, 0.15) is 0 Å². The molecular formula is C13H23NO3. The van der Waals surface area contributed by atoms with Crippen LogP contribution in [0.5, 0.6) is 0 Å². The van der Waals surface area contributed by atoms with Crippen LogP contribution in [0, 0.1) is 11.3 Å². The van der Waals surface area contributed by atoms with Crippen molar-refractivity contribution in [1.29, 1.82) is 0 Å². The molecule has 1 rings (SSSR count). The lowest BCUT2D eigenvalue weighted by atomic mass is 9.80. The number of carbonyl (C=O) groups is 2. The monoisotopic (exact) mass is 241 g/mol. The lowest BCUT2D eigenvalue weighted by Crippen LogP contribution is -2.30. The fraction of sp³-hybridized carbons (Fsp3) is 0.846. The highest BCUT2D eigenvalue weighted by Gasteiger charge is 2.36. The maximum atomic E-state index is 11.8. The quantitative estimate of drug-likeness (QED) is 0.705. The van der Waals surface area contributed by atoms with Crippen LogP contribution in [0.4, 0.5) is 0 Å². The summed E-state index contributed by atoms with van der Waals surface area (Å²) in [5.41, 5.74) is 0.147. The van der Waals surface area contributed by atoms with Gasteiger partial charge in [-0.1, -0.05) is 20.8 Å². The van der Waals surface area contributed by atoms with Crippen molar-refractivity contribution in [2.75, 3.05) is 19.7 Å². The van der Waals surface area contributed by atoms with Crippen LogP contribution in [0.25, 0.3) is 0 Å². The van der Waals surface area contributed by atoms with E-state index in [-0.39, 0.29) is 17.3 Å². The Kier molecular flexibility index (Phi) is 4.54. The second-order valence-corrected chi connectivity index (χ2v) is 5.66. The molecule has 0 aromatic rings. The van der Waals surface area contributed by atoms with Gasteiger partial charge in [-0.15, -0.1) is 0 Å². The van der Waals surface area contributed by atoms with E-state index in [4.69, 9.17) is 4.74 Å². The molecule has 0 saturated carbocycles. The highest BCUT2D eigenvalue weighted by molar-refractivity contribution is 5.79. The molecule has 1 atom stereocenters. The Balaban J connectivity index is 2.41. The van der Waals surface area contributed by atoms with Crippen LogP contribution >= 0.6 is 0 Å². The summed E-state index contributed by atoms with van der Waals surface area (Å²) in [5.74, 6) is 0.325. The molecule has 98 valence electrons. The number of carbonyl (C=O) groups excluding carboxylic acids is 2. The van der Waals surface area contributed by atoms with Crippen LogP contribution in [-0.4, -0.2) is 36.5 Å². The largest absolute Gasteiger partial charge is 0.466 e. The number of nitrogens with zero attached hydrogens (tertiary/aromatic N) is 1. The van der Waals surface area contributed by atoms with Crippen LogP contribution in [-0.2, 0) is 14.3 Å². The van der Waals surface area contributed by atoms with E-state index < -0.39 is 0 Å². The summed E-state index contributed by atoms with van der Waals surface area (Å²) in [6.45, 7) is 9.90. The molecule has 0 N–H and O–H groups in total. The fourth-order valence-electron chi connectivity index (χ4n) is 2.03. The minimum atomic E-state index is -0.223. The summed E-state index contributed by atoms with van der Waals surface area (Å²) in [7, 11) is 0. The number of likely N-dealkylation sites (tertiary alicyclic amines) is 1. The summed E-state index contributed by atoms with van der Waals surface area (Å²) < 4.78 is 4.85.